The number of rotatable bonds is 0. The van der Waals surface area contributed by atoms with Crippen molar-refractivity contribution in [3.8, 4) is 11.5 Å². The van der Waals surface area contributed by atoms with Gasteiger partial charge in [-0.2, -0.15) is 0 Å². The van der Waals surface area contributed by atoms with Crippen molar-refractivity contribution in [1.82, 2.24) is 0 Å². The topological polar surface area (TPSA) is 91.7 Å². The first kappa shape index (κ1) is 14.1. The maximum absolute atomic E-state index is 12.1. The number of alkyl halides is 1. The fourth-order valence-corrected chi connectivity index (χ4v) is 2.32. The molecule has 1 unspecified atom stereocenters. The number of hydrogen-bond acceptors (Lipinski definition) is 5. The largest absolute Gasteiger partial charge is 0.506 e. The number of fused-ring (bicyclic) bond motifs is 1. The van der Waals surface area contributed by atoms with E-state index in [-0.39, 0.29) is 0 Å². The average molecular weight is 324 g/mol. The highest BCUT2D eigenvalue weighted by molar-refractivity contribution is 6.67. The van der Waals surface area contributed by atoms with Gasteiger partial charge in [0.15, 0.2) is 10.7 Å². The number of phenols is 2. The van der Waals surface area contributed by atoms with Crippen LogP contribution in [0.1, 0.15) is 27.6 Å². The van der Waals surface area contributed by atoms with E-state index in [1.54, 1.807) is 0 Å². The van der Waals surface area contributed by atoms with Crippen molar-refractivity contribution in [3.05, 3.63) is 21.2 Å². The van der Waals surface area contributed by atoms with Crippen molar-refractivity contribution < 1.29 is 24.6 Å². The molecule has 1 aliphatic rings. The van der Waals surface area contributed by atoms with E-state index in [2.05, 4.69) is 0 Å². The summed E-state index contributed by atoms with van der Waals surface area (Å²) >= 11 is 17.0. The molecule has 0 fully saturated rings. The number of benzene rings is 1. The first-order chi connectivity index (χ1) is 8.62. The van der Waals surface area contributed by atoms with Gasteiger partial charge in [0.2, 0.25) is 11.6 Å². The SMILES string of the molecule is CC1(Cl)C(=O)C(=O)c2c(O)c(Cl)c(Cl)c(O)c2C1=O. The third-order valence-corrected chi connectivity index (χ3v) is 4.02. The van der Waals surface area contributed by atoms with Gasteiger partial charge in [-0.05, 0) is 6.92 Å². The third-order valence-electron chi connectivity index (χ3n) is 2.85. The summed E-state index contributed by atoms with van der Waals surface area (Å²) in [6, 6.07) is 0. The van der Waals surface area contributed by atoms with Crippen LogP contribution < -0.4 is 0 Å². The van der Waals surface area contributed by atoms with E-state index in [0.29, 0.717) is 0 Å². The van der Waals surface area contributed by atoms with Crippen LogP contribution in [0.4, 0.5) is 0 Å². The van der Waals surface area contributed by atoms with Gasteiger partial charge in [0.25, 0.3) is 0 Å². The van der Waals surface area contributed by atoms with Gasteiger partial charge in [0, 0.05) is 0 Å². The number of halogens is 3. The van der Waals surface area contributed by atoms with Gasteiger partial charge >= 0.3 is 0 Å². The molecule has 1 aromatic carbocycles. The zero-order valence-electron chi connectivity index (χ0n) is 9.25. The van der Waals surface area contributed by atoms with E-state index in [1.807, 2.05) is 0 Å². The van der Waals surface area contributed by atoms with Gasteiger partial charge in [-0.1, -0.05) is 23.2 Å². The Hall–Kier alpha value is -1.30. The Morgan fingerprint density at radius 3 is 1.79 bits per heavy atom. The van der Waals surface area contributed by atoms with Crippen molar-refractivity contribution in [2.75, 3.05) is 0 Å². The Balaban J connectivity index is 2.97. The van der Waals surface area contributed by atoms with Crippen LogP contribution in [0.25, 0.3) is 0 Å². The van der Waals surface area contributed by atoms with Crippen molar-refractivity contribution in [2.45, 2.75) is 11.8 Å². The predicted molar refractivity (Wildman–Crippen MR) is 67.7 cm³/mol. The molecule has 0 spiro atoms. The Morgan fingerprint density at radius 1 is 0.895 bits per heavy atom. The van der Waals surface area contributed by atoms with Crippen molar-refractivity contribution in [2.24, 2.45) is 0 Å². The summed E-state index contributed by atoms with van der Waals surface area (Å²) in [6.07, 6.45) is 0. The second-order valence-corrected chi connectivity index (χ2v) is 5.58. The van der Waals surface area contributed by atoms with Gasteiger partial charge in [0.1, 0.15) is 21.5 Å². The molecule has 8 heteroatoms. The minimum Gasteiger partial charge on any atom is -0.506 e. The highest BCUT2D eigenvalue weighted by atomic mass is 35.5. The summed E-state index contributed by atoms with van der Waals surface area (Å²) in [5, 5.41) is 18.5. The fourth-order valence-electron chi connectivity index (χ4n) is 1.77. The maximum atomic E-state index is 12.1. The molecule has 5 nitrogen and oxygen atoms in total. The quantitative estimate of drug-likeness (QED) is 0.331. The van der Waals surface area contributed by atoms with E-state index >= 15 is 0 Å². The van der Waals surface area contributed by atoms with Gasteiger partial charge in [-0.25, -0.2) is 0 Å². The second kappa shape index (κ2) is 4.10. The summed E-state index contributed by atoms with van der Waals surface area (Å²) in [4.78, 5) is 33.5. The van der Waals surface area contributed by atoms with Crippen LogP contribution in [0.3, 0.4) is 0 Å². The first-order valence-corrected chi connectivity index (χ1v) is 6.01. The highest BCUT2D eigenvalue weighted by Gasteiger charge is 2.52. The molecule has 0 bridgehead atoms. The lowest BCUT2D eigenvalue weighted by molar-refractivity contribution is -0.116. The number of phenolic OH excluding ortho intramolecular Hbond substituents is 2. The van der Waals surface area contributed by atoms with E-state index in [4.69, 9.17) is 34.8 Å². The summed E-state index contributed by atoms with van der Waals surface area (Å²) in [5.74, 6) is -5.08. The van der Waals surface area contributed by atoms with Crippen LogP contribution in [0, 0.1) is 0 Å². The molecule has 0 saturated heterocycles. The molecule has 1 atom stereocenters. The van der Waals surface area contributed by atoms with Gasteiger partial charge in [-0.15, -0.1) is 11.6 Å². The lowest BCUT2D eigenvalue weighted by Gasteiger charge is -2.26. The lowest BCUT2D eigenvalue weighted by Crippen LogP contribution is -2.47. The van der Waals surface area contributed by atoms with Crippen LogP contribution in [-0.2, 0) is 4.79 Å². The normalized spacial score (nSPS) is 22.6. The molecular formula is C11H5Cl3O5. The summed E-state index contributed by atoms with van der Waals surface area (Å²) < 4.78 is 0. The molecule has 0 saturated carbocycles. The Morgan fingerprint density at radius 2 is 1.32 bits per heavy atom. The molecular weight excluding hydrogens is 318 g/mol. The minimum atomic E-state index is -2.15. The van der Waals surface area contributed by atoms with E-state index in [9.17, 15) is 24.6 Å². The summed E-state index contributed by atoms with van der Waals surface area (Å²) in [5.41, 5.74) is -1.28. The molecule has 1 aromatic rings. The monoisotopic (exact) mass is 322 g/mol. The molecule has 19 heavy (non-hydrogen) atoms. The smallest absolute Gasteiger partial charge is 0.235 e. The molecule has 0 aromatic heterocycles. The summed E-state index contributed by atoms with van der Waals surface area (Å²) in [6.45, 7) is 1.03. The molecule has 0 aliphatic heterocycles. The number of Topliss-reactive ketones (excluding diaryl/α,β-unsaturated/α-hetero) is 3. The molecule has 1 aliphatic carbocycles. The molecule has 0 heterocycles. The van der Waals surface area contributed by atoms with Crippen molar-refractivity contribution >= 4 is 52.2 Å². The number of carbonyl (C=O) groups is 3. The number of carbonyl (C=O) groups excluding carboxylic acids is 3. The van der Waals surface area contributed by atoms with Crippen LogP contribution >= 0.6 is 34.8 Å². The first-order valence-electron chi connectivity index (χ1n) is 4.88. The molecule has 2 N–H and O–H groups in total. The predicted octanol–water partition coefficient (Wildman–Crippen LogP) is 2.35. The average Bonchev–Trinajstić information content (AvgIpc) is 2.36. The van der Waals surface area contributed by atoms with Crippen molar-refractivity contribution in [1.29, 1.82) is 0 Å². The zero-order valence-corrected chi connectivity index (χ0v) is 11.5. The standard InChI is InChI=1S/C11H5Cl3O5/c1-11(14)9(18)3-2(8(17)10(11)19)6(15)4(12)5(13)7(3)16/h15-16H,1H3. The maximum Gasteiger partial charge on any atom is 0.235 e. The Labute approximate surface area is 121 Å². The minimum absolute atomic E-state index is 0.499. The fraction of sp³-hybridized carbons (Fsp3) is 0.182. The number of aromatic hydroxyl groups is 2. The van der Waals surface area contributed by atoms with Crippen molar-refractivity contribution in [3.63, 3.8) is 0 Å². The lowest BCUT2D eigenvalue weighted by atomic mass is 9.80. The van der Waals surface area contributed by atoms with Gasteiger partial charge in [0.05, 0.1) is 11.1 Å². The third kappa shape index (κ3) is 1.65. The van der Waals surface area contributed by atoms with Crippen LogP contribution in [0.5, 0.6) is 11.5 Å². The number of hydrogen-bond donors (Lipinski definition) is 2. The van der Waals surface area contributed by atoms with Gasteiger partial charge in [-0.3, -0.25) is 14.4 Å². The van der Waals surface area contributed by atoms with Gasteiger partial charge < -0.3 is 10.2 Å². The molecule has 0 radical (unpaired) electrons. The molecule has 100 valence electrons. The van der Waals surface area contributed by atoms with E-state index in [1.165, 1.54) is 0 Å². The summed E-state index contributed by atoms with van der Waals surface area (Å²) in [7, 11) is 0. The highest BCUT2D eigenvalue weighted by Crippen LogP contribution is 2.48. The van der Waals surface area contributed by atoms with Crippen LogP contribution in [0.2, 0.25) is 10.0 Å². The number of ketones is 3. The molecule has 0 amide bonds. The Kier molecular flexibility index (Phi) is 3.04. The van der Waals surface area contributed by atoms with E-state index < -0.39 is 54.9 Å². The molecule has 2 rings (SSSR count). The van der Waals surface area contributed by atoms with E-state index in [0.717, 1.165) is 6.92 Å². The van der Waals surface area contributed by atoms with Crippen LogP contribution in [0.15, 0.2) is 0 Å². The zero-order chi connectivity index (χ0) is 14.7. The Bertz CT molecular complexity index is 663. The van der Waals surface area contributed by atoms with Crippen LogP contribution in [-0.4, -0.2) is 32.4 Å². The second-order valence-electron chi connectivity index (χ2n) is 4.07.